The van der Waals surface area contributed by atoms with Crippen molar-refractivity contribution in [2.75, 3.05) is 25.5 Å². The number of aromatic nitrogens is 1. The fourth-order valence-corrected chi connectivity index (χ4v) is 0.829. The number of rotatable bonds is 3. The fourth-order valence-electron chi connectivity index (χ4n) is 0.829. The summed E-state index contributed by atoms with van der Waals surface area (Å²) in [5.41, 5.74) is 6.41. The molecule has 1 atom stereocenters. The number of anilines is 1. The zero-order valence-electron chi connectivity index (χ0n) is 7.74. The molecule has 1 heterocycles. The molecule has 0 spiro atoms. The molecular formula is C8H15N3O. The second-order valence-electron chi connectivity index (χ2n) is 3.09. The van der Waals surface area contributed by atoms with Gasteiger partial charge in [-0.05, 0) is 0 Å². The molecule has 0 aliphatic heterocycles. The van der Waals surface area contributed by atoms with Gasteiger partial charge >= 0.3 is 0 Å². The summed E-state index contributed by atoms with van der Waals surface area (Å²) in [5, 5.41) is 0. The molecule has 1 unspecified atom stereocenters. The largest absolute Gasteiger partial charge is 0.432 e. The van der Waals surface area contributed by atoms with E-state index in [1.165, 1.54) is 0 Å². The molecule has 0 aliphatic carbocycles. The van der Waals surface area contributed by atoms with Crippen LogP contribution in [-0.4, -0.2) is 25.6 Å². The van der Waals surface area contributed by atoms with Crippen LogP contribution in [0.3, 0.4) is 0 Å². The summed E-state index contributed by atoms with van der Waals surface area (Å²) in [6.07, 6.45) is 1.66. The predicted octanol–water partition coefficient (Wildman–Crippen LogP) is 0.803. The maximum atomic E-state index is 5.49. The van der Waals surface area contributed by atoms with E-state index in [-0.39, 0.29) is 5.92 Å². The fraction of sp³-hybridized carbons (Fsp3) is 0.625. The van der Waals surface area contributed by atoms with Crippen LogP contribution in [0.2, 0.25) is 0 Å². The first-order chi connectivity index (χ1) is 5.65. The van der Waals surface area contributed by atoms with E-state index in [2.05, 4.69) is 4.98 Å². The molecule has 1 aromatic rings. The van der Waals surface area contributed by atoms with Crippen LogP contribution >= 0.6 is 0 Å². The van der Waals surface area contributed by atoms with Crippen LogP contribution < -0.4 is 10.6 Å². The van der Waals surface area contributed by atoms with Crippen molar-refractivity contribution in [3.8, 4) is 0 Å². The zero-order chi connectivity index (χ0) is 9.14. The predicted molar refractivity (Wildman–Crippen MR) is 48.3 cm³/mol. The molecule has 0 bridgehead atoms. The van der Waals surface area contributed by atoms with Gasteiger partial charge in [0.1, 0.15) is 6.26 Å². The van der Waals surface area contributed by atoms with Crippen molar-refractivity contribution >= 4 is 6.01 Å². The molecule has 1 rings (SSSR count). The van der Waals surface area contributed by atoms with Gasteiger partial charge in [-0.3, -0.25) is 0 Å². The molecule has 12 heavy (non-hydrogen) atoms. The minimum atomic E-state index is 0.266. The second kappa shape index (κ2) is 3.58. The number of oxazole rings is 1. The topological polar surface area (TPSA) is 55.3 Å². The van der Waals surface area contributed by atoms with Crippen molar-refractivity contribution in [2.45, 2.75) is 12.8 Å². The van der Waals surface area contributed by atoms with Gasteiger partial charge in [-0.1, -0.05) is 6.92 Å². The van der Waals surface area contributed by atoms with Crippen LogP contribution in [0.1, 0.15) is 18.5 Å². The lowest BCUT2D eigenvalue weighted by atomic mass is 10.1. The number of hydrogen-bond donors (Lipinski definition) is 1. The third kappa shape index (κ3) is 1.76. The molecule has 0 amide bonds. The molecule has 1 aromatic heterocycles. The van der Waals surface area contributed by atoms with Gasteiger partial charge in [0.15, 0.2) is 0 Å². The van der Waals surface area contributed by atoms with Gasteiger partial charge < -0.3 is 15.1 Å². The van der Waals surface area contributed by atoms with Crippen molar-refractivity contribution in [1.82, 2.24) is 4.98 Å². The summed E-state index contributed by atoms with van der Waals surface area (Å²) in [4.78, 5) is 6.09. The Hall–Kier alpha value is -1.03. The molecule has 0 radical (unpaired) electrons. The highest BCUT2D eigenvalue weighted by molar-refractivity contribution is 5.24. The van der Waals surface area contributed by atoms with E-state index >= 15 is 0 Å². The Bertz CT molecular complexity index is 244. The number of nitrogens with zero attached hydrogens (tertiary/aromatic N) is 2. The first-order valence-electron chi connectivity index (χ1n) is 3.98. The molecule has 0 saturated carbocycles. The Balaban J connectivity index is 2.77. The molecular weight excluding hydrogens is 154 g/mol. The first kappa shape index (κ1) is 9.06. The van der Waals surface area contributed by atoms with Gasteiger partial charge in [-0.15, -0.1) is 0 Å². The summed E-state index contributed by atoms with van der Waals surface area (Å²) >= 11 is 0. The van der Waals surface area contributed by atoms with Crippen LogP contribution in [-0.2, 0) is 0 Å². The van der Waals surface area contributed by atoms with Gasteiger partial charge in [0.25, 0.3) is 6.01 Å². The molecule has 0 aliphatic rings. The highest BCUT2D eigenvalue weighted by Crippen LogP contribution is 2.16. The summed E-state index contributed by atoms with van der Waals surface area (Å²) < 4.78 is 5.21. The van der Waals surface area contributed by atoms with Crippen molar-refractivity contribution < 1.29 is 4.42 Å². The van der Waals surface area contributed by atoms with Crippen LogP contribution in [0.25, 0.3) is 0 Å². The van der Waals surface area contributed by atoms with Crippen molar-refractivity contribution in [3.05, 3.63) is 12.0 Å². The van der Waals surface area contributed by atoms with Crippen LogP contribution in [0, 0.1) is 0 Å². The molecule has 0 fully saturated rings. The summed E-state index contributed by atoms with van der Waals surface area (Å²) in [5.74, 6) is 0.266. The molecule has 4 nitrogen and oxygen atoms in total. The minimum absolute atomic E-state index is 0.266. The summed E-state index contributed by atoms with van der Waals surface area (Å²) in [6.45, 7) is 2.62. The van der Waals surface area contributed by atoms with E-state index in [1.807, 2.05) is 25.9 Å². The Labute approximate surface area is 72.4 Å². The molecule has 0 saturated heterocycles. The van der Waals surface area contributed by atoms with E-state index in [1.54, 1.807) is 6.26 Å². The molecule has 68 valence electrons. The smallest absolute Gasteiger partial charge is 0.296 e. The monoisotopic (exact) mass is 169 g/mol. The Kier molecular flexibility index (Phi) is 2.70. The van der Waals surface area contributed by atoms with Gasteiger partial charge in [0, 0.05) is 26.6 Å². The van der Waals surface area contributed by atoms with Gasteiger partial charge in [-0.2, -0.15) is 4.98 Å². The van der Waals surface area contributed by atoms with Gasteiger partial charge in [-0.25, -0.2) is 0 Å². The lowest BCUT2D eigenvalue weighted by molar-refractivity contribution is 0.553. The summed E-state index contributed by atoms with van der Waals surface area (Å²) in [7, 11) is 3.78. The minimum Gasteiger partial charge on any atom is -0.432 e. The van der Waals surface area contributed by atoms with Crippen molar-refractivity contribution in [1.29, 1.82) is 0 Å². The molecule has 2 N–H and O–H groups in total. The first-order valence-corrected chi connectivity index (χ1v) is 3.98. The highest BCUT2D eigenvalue weighted by atomic mass is 16.4. The summed E-state index contributed by atoms with van der Waals surface area (Å²) in [6, 6.07) is 0.630. The van der Waals surface area contributed by atoms with E-state index in [0.29, 0.717) is 12.6 Å². The van der Waals surface area contributed by atoms with Gasteiger partial charge in [0.05, 0.1) is 5.69 Å². The SMILES string of the molecule is CC(CN)c1coc(N(C)C)n1. The average Bonchev–Trinajstić information content (AvgIpc) is 2.51. The zero-order valence-corrected chi connectivity index (χ0v) is 7.74. The number of nitrogens with two attached hydrogens (primary N) is 1. The standard InChI is InChI=1S/C8H15N3O/c1-6(4-9)7-5-12-8(10-7)11(2)3/h5-6H,4,9H2,1-3H3. The lowest BCUT2D eigenvalue weighted by Gasteiger charge is -2.04. The Morgan fingerprint density at radius 3 is 2.75 bits per heavy atom. The molecule has 0 aromatic carbocycles. The maximum absolute atomic E-state index is 5.49. The second-order valence-corrected chi connectivity index (χ2v) is 3.09. The van der Waals surface area contributed by atoms with E-state index in [9.17, 15) is 0 Å². The Morgan fingerprint density at radius 1 is 1.67 bits per heavy atom. The highest BCUT2D eigenvalue weighted by Gasteiger charge is 2.10. The maximum Gasteiger partial charge on any atom is 0.296 e. The van der Waals surface area contributed by atoms with Crippen LogP contribution in [0.5, 0.6) is 0 Å². The van der Waals surface area contributed by atoms with Crippen molar-refractivity contribution in [3.63, 3.8) is 0 Å². The normalized spacial score (nSPS) is 13.0. The lowest BCUT2D eigenvalue weighted by Crippen LogP contribution is -2.11. The van der Waals surface area contributed by atoms with Crippen LogP contribution in [0.15, 0.2) is 10.7 Å². The Morgan fingerprint density at radius 2 is 2.33 bits per heavy atom. The quantitative estimate of drug-likeness (QED) is 0.727. The third-order valence-corrected chi connectivity index (χ3v) is 1.75. The van der Waals surface area contributed by atoms with E-state index < -0.39 is 0 Å². The molecule has 4 heteroatoms. The van der Waals surface area contributed by atoms with E-state index in [4.69, 9.17) is 10.2 Å². The van der Waals surface area contributed by atoms with Crippen LogP contribution in [0.4, 0.5) is 6.01 Å². The van der Waals surface area contributed by atoms with Gasteiger partial charge in [0.2, 0.25) is 0 Å². The third-order valence-electron chi connectivity index (χ3n) is 1.75. The average molecular weight is 169 g/mol. The van der Waals surface area contributed by atoms with Crippen molar-refractivity contribution in [2.24, 2.45) is 5.73 Å². The van der Waals surface area contributed by atoms with E-state index in [0.717, 1.165) is 5.69 Å². The number of hydrogen-bond acceptors (Lipinski definition) is 4.